The van der Waals surface area contributed by atoms with Gasteiger partial charge < -0.3 is 5.32 Å². The van der Waals surface area contributed by atoms with Crippen LogP contribution in [0.5, 0.6) is 0 Å². The molecular weight excluding hydrogens is 232 g/mol. The number of anilines is 1. The van der Waals surface area contributed by atoms with E-state index in [9.17, 15) is 0 Å². The van der Waals surface area contributed by atoms with Crippen molar-refractivity contribution in [3.63, 3.8) is 0 Å². The monoisotopic (exact) mass is 256 g/mol. The van der Waals surface area contributed by atoms with E-state index >= 15 is 0 Å². The highest BCUT2D eigenvalue weighted by Gasteiger charge is 2.11. The molecule has 1 aromatic heterocycles. The summed E-state index contributed by atoms with van der Waals surface area (Å²) in [7, 11) is 0. The van der Waals surface area contributed by atoms with Crippen LogP contribution in [-0.4, -0.2) is 11.5 Å². The van der Waals surface area contributed by atoms with Gasteiger partial charge in [0.05, 0.1) is 5.52 Å². The number of fused-ring (bicyclic) bond motifs is 1. The SMILES string of the molecule is CCCNc1nc2cc(C)cc(C)c2cc1C(C)C. The fraction of sp³-hybridized carbons (Fsp3) is 0.471. The molecule has 0 amide bonds. The van der Waals surface area contributed by atoms with Gasteiger partial charge >= 0.3 is 0 Å². The second-order valence-electron chi connectivity index (χ2n) is 5.66. The zero-order valence-electron chi connectivity index (χ0n) is 12.7. The van der Waals surface area contributed by atoms with E-state index in [1.807, 2.05) is 0 Å². The molecule has 2 nitrogen and oxygen atoms in total. The fourth-order valence-corrected chi connectivity index (χ4v) is 2.47. The van der Waals surface area contributed by atoms with E-state index in [0.717, 1.165) is 24.3 Å². The third-order valence-corrected chi connectivity index (χ3v) is 3.48. The van der Waals surface area contributed by atoms with Crippen LogP contribution < -0.4 is 5.32 Å². The first kappa shape index (κ1) is 13.9. The lowest BCUT2D eigenvalue weighted by Gasteiger charge is -2.16. The molecular formula is C17H24N2. The number of nitrogens with one attached hydrogen (secondary N) is 1. The van der Waals surface area contributed by atoms with Gasteiger partial charge in [-0.05, 0) is 55.0 Å². The highest BCUT2D eigenvalue weighted by Crippen LogP contribution is 2.29. The van der Waals surface area contributed by atoms with Gasteiger partial charge in [-0.15, -0.1) is 0 Å². The molecule has 1 aromatic carbocycles. The molecule has 0 unspecified atom stereocenters. The van der Waals surface area contributed by atoms with Crippen molar-refractivity contribution in [2.45, 2.75) is 47.0 Å². The Hall–Kier alpha value is -1.57. The van der Waals surface area contributed by atoms with Crippen LogP contribution in [0.1, 0.15) is 49.8 Å². The molecule has 2 aromatic rings. The molecule has 2 heteroatoms. The van der Waals surface area contributed by atoms with Gasteiger partial charge in [0.1, 0.15) is 5.82 Å². The van der Waals surface area contributed by atoms with Crippen molar-refractivity contribution < 1.29 is 0 Å². The van der Waals surface area contributed by atoms with E-state index in [1.54, 1.807) is 0 Å². The Labute approximate surface area is 116 Å². The van der Waals surface area contributed by atoms with Crippen molar-refractivity contribution in [2.75, 3.05) is 11.9 Å². The third-order valence-electron chi connectivity index (χ3n) is 3.48. The molecule has 0 spiro atoms. The number of benzene rings is 1. The molecule has 0 radical (unpaired) electrons. The first-order valence-electron chi connectivity index (χ1n) is 7.18. The van der Waals surface area contributed by atoms with E-state index in [2.05, 4.69) is 58.1 Å². The Morgan fingerprint density at radius 3 is 2.53 bits per heavy atom. The number of nitrogens with zero attached hydrogens (tertiary/aromatic N) is 1. The van der Waals surface area contributed by atoms with Gasteiger partial charge in [0.15, 0.2) is 0 Å². The maximum absolute atomic E-state index is 4.84. The summed E-state index contributed by atoms with van der Waals surface area (Å²) in [6.07, 6.45) is 1.12. The zero-order chi connectivity index (χ0) is 14.0. The molecule has 0 aliphatic carbocycles. The van der Waals surface area contributed by atoms with Crippen LogP contribution in [0.2, 0.25) is 0 Å². The first-order valence-corrected chi connectivity index (χ1v) is 7.18. The van der Waals surface area contributed by atoms with Crippen molar-refractivity contribution in [2.24, 2.45) is 0 Å². The molecule has 102 valence electrons. The van der Waals surface area contributed by atoms with Gasteiger partial charge in [-0.3, -0.25) is 0 Å². The lowest BCUT2D eigenvalue weighted by molar-refractivity contribution is 0.856. The topological polar surface area (TPSA) is 24.9 Å². The van der Waals surface area contributed by atoms with E-state index in [0.29, 0.717) is 5.92 Å². The van der Waals surface area contributed by atoms with E-state index < -0.39 is 0 Å². The molecule has 0 atom stereocenters. The lowest BCUT2D eigenvalue weighted by atomic mass is 9.98. The minimum Gasteiger partial charge on any atom is -0.370 e. The molecule has 0 saturated carbocycles. The van der Waals surface area contributed by atoms with Crippen molar-refractivity contribution in [1.82, 2.24) is 4.98 Å². The zero-order valence-corrected chi connectivity index (χ0v) is 12.7. The average Bonchev–Trinajstić information content (AvgIpc) is 2.34. The van der Waals surface area contributed by atoms with Gasteiger partial charge in [0, 0.05) is 11.9 Å². The standard InChI is InChI=1S/C17H24N2/c1-6-7-18-17-14(11(2)3)10-15-13(5)8-12(4)9-16(15)19-17/h8-11H,6-7H2,1-5H3,(H,18,19). The Bertz CT molecular complexity index is 585. The van der Waals surface area contributed by atoms with Crippen LogP contribution in [-0.2, 0) is 0 Å². The molecule has 0 bridgehead atoms. The third kappa shape index (κ3) is 2.89. The number of hydrogen-bond donors (Lipinski definition) is 1. The minimum absolute atomic E-state index is 0.483. The summed E-state index contributed by atoms with van der Waals surface area (Å²) in [5, 5.41) is 4.74. The summed E-state index contributed by atoms with van der Waals surface area (Å²) < 4.78 is 0. The van der Waals surface area contributed by atoms with Gasteiger partial charge in [-0.1, -0.05) is 26.8 Å². The quantitative estimate of drug-likeness (QED) is 0.850. The number of aryl methyl sites for hydroxylation is 2. The summed E-state index contributed by atoms with van der Waals surface area (Å²) in [4.78, 5) is 4.84. The summed E-state index contributed by atoms with van der Waals surface area (Å²) >= 11 is 0. The van der Waals surface area contributed by atoms with Gasteiger partial charge in [0.25, 0.3) is 0 Å². The summed E-state index contributed by atoms with van der Waals surface area (Å²) in [5.41, 5.74) is 5.00. The maximum Gasteiger partial charge on any atom is 0.130 e. The Balaban J connectivity index is 2.62. The van der Waals surface area contributed by atoms with Crippen LogP contribution in [0.25, 0.3) is 10.9 Å². The first-order chi connectivity index (χ1) is 9.02. The number of hydrogen-bond acceptors (Lipinski definition) is 2. The summed E-state index contributed by atoms with van der Waals surface area (Å²) in [6.45, 7) is 11.9. The predicted octanol–water partition coefficient (Wildman–Crippen LogP) is 4.80. The molecule has 2 rings (SSSR count). The second kappa shape index (κ2) is 5.60. The van der Waals surface area contributed by atoms with Crippen molar-refractivity contribution >= 4 is 16.7 Å². The van der Waals surface area contributed by atoms with Crippen LogP contribution in [0.15, 0.2) is 18.2 Å². The average molecular weight is 256 g/mol. The van der Waals surface area contributed by atoms with Crippen LogP contribution >= 0.6 is 0 Å². The number of pyridine rings is 1. The van der Waals surface area contributed by atoms with Gasteiger partial charge in [-0.2, -0.15) is 0 Å². The lowest BCUT2D eigenvalue weighted by Crippen LogP contribution is -2.07. The van der Waals surface area contributed by atoms with Crippen molar-refractivity contribution in [1.29, 1.82) is 0 Å². The molecule has 1 N–H and O–H groups in total. The minimum atomic E-state index is 0.483. The number of rotatable bonds is 4. The Morgan fingerprint density at radius 2 is 1.89 bits per heavy atom. The molecule has 1 heterocycles. The van der Waals surface area contributed by atoms with E-state index in [-0.39, 0.29) is 0 Å². The van der Waals surface area contributed by atoms with Gasteiger partial charge in [-0.25, -0.2) is 4.98 Å². The maximum atomic E-state index is 4.84. The molecule has 0 saturated heterocycles. The Kier molecular flexibility index (Phi) is 4.08. The van der Waals surface area contributed by atoms with Crippen molar-refractivity contribution in [3.8, 4) is 0 Å². The largest absolute Gasteiger partial charge is 0.370 e. The van der Waals surface area contributed by atoms with Crippen molar-refractivity contribution in [3.05, 3.63) is 34.9 Å². The Morgan fingerprint density at radius 1 is 1.16 bits per heavy atom. The molecule has 0 aliphatic heterocycles. The van der Waals surface area contributed by atoms with E-state index in [4.69, 9.17) is 4.98 Å². The smallest absolute Gasteiger partial charge is 0.130 e. The molecule has 19 heavy (non-hydrogen) atoms. The van der Waals surface area contributed by atoms with Crippen LogP contribution in [0, 0.1) is 13.8 Å². The molecule has 0 aliphatic rings. The number of aromatic nitrogens is 1. The highest BCUT2D eigenvalue weighted by atomic mass is 15.0. The normalized spacial score (nSPS) is 11.3. The predicted molar refractivity (Wildman–Crippen MR) is 84.1 cm³/mol. The fourth-order valence-electron chi connectivity index (χ4n) is 2.47. The molecule has 0 fully saturated rings. The van der Waals surface area contributed by atoms with Gasteiger partial charge in [0.2, 0.25) is 0 Å². The highest BCUT2D eigenvalue weighted by molar-refractivity contribution is 5.85. The van der Waals surface area contributed by atoms with Crippen LogP contribution in [0.4, 0.5) is 5.82 Å². The summed E-state index contributed by atoms with van der Waals surface area (Å²) in [6, 6.07) is 6.70. The second-order valence-corrected chi connectivity index (χ2v) is 5.66. The van der Waals surface area contributed by atoms with E-state index in [1.165, 1.54) is 22.1 Å². The van der Waals surface area contributed by atoms with Crippen LogP contribution in [0.3, 0.4) is 0 Å². The summed E-state index contributed by atoms with van der Waals surface area (Å²) in [5.74, 6) is 1.53.